The smallest absolute Gasteiger partial charge is 0.248 e. The molecule has 168 valence electrons. The van der Waals surface area contributed by atoms with E-state index in [0.29, 0.717) is 24.4 Å². The lowest BCUT2D eigenvalue weighted by Crippen LogP contribution is -2.16. The minimum absolute atomic E-state index is 0.0644. The molecule has 3 rings (SSSR count). The summed E-state index contributed by atoms with van der Waals surface area (Å²) in [7, 11) is -3.34. The highest BCUT2D eigenvalue weighted by Gasteiger charge is 2.08. The monoisotopic (exact) mass is 471 g/mol. The van der Waals surface area contributed by atoms with E-state index in [2.05, 4.69) is 15.0 Å². The number of ether oxygens (including phenoxy) is 1. The highest BCUT2D eigenvalue weighted by molar-refractivity contribution is 7.92. The van der Waals surface area contributed by atoms with E-state index < -0.39 is 10.0 Å². The van der Waals surface area contributed by atoms with Crippen LogP contribution in [0.15, 0.2) is 60.0 Å². The summed E-state index contributed by atoms with van der Waals surface area (Å²) < 4.78 is 31.8. The lowest BCUT2D eigenvalue weighted by molar-refractivity contribution is -0.111. The highest BCUT2D eigenvalue weighted by Crippen LogP contribution is 2.17. The third kappa shape index (κ3) is 7.51. The van der Waals surface area contributed by atoms with Gasteiger partial charge in [0.15, 0.2) is 0 Å². The molecule has 0 aliphatic carbocycles. The van der Waals surface area contributed by atoms with Gasteiger partial charge in [0.2, 0.25) is 15.9 Å². The van der Waals surface area contributed by atoms with Crippen LogP contribution in [0.3, 0.4) is 0 Å². The van der Waals surface area contributed by atoms with Crippen molar-refractivity contribution in [2.45, 2.75) is 26.9 Å². The summed E-state index contributed by atoms with van der Waals surface area (Å²) in [5.74, 6) is 0.505. The molecule has 9 heteroatoms. The molecule has 0 saturated carbocycles. The number of rotatable bonds is 10. The van der Waals surface area contributed by atoms with Crippen molar-refractivity contribution in [1.82, 2.24) is 4.98 Å². The molecule has 0 unspecified atom stereocenters. The van der Waals surface area contributed by atoms with Gasteiger partial charge >= 0.3 is 0 Å². The van der Waals surface area contributed by atoms with Gasteiger partial charge in [-0.2, -0.15) is 0 Å². The average Bonchev–Trinajstić information content (AvgIpc) is 3.18. The number of hydrogen-bond donors (Lipinski definition) is 2. The summed E-state index contributed by atoms with van der Waals surface area (Å²) in [6, 6.07) is 13.9. The van der Waals surface area contributed by atoms with Crippen LogP contribution in [-0.4, -0.2) is 25.1 Å². The molecular weight excluding hydrogens is 446 g/mol. The number of hydrogen-bond acceptors (Lipinski definition) is 6. The number of aryl methyl sites for hydroxylation is 1. The van der Waals surface area contributed by atoms with Crippen LogP contribution in [0.25, 0.3) is 6.08 Å². The molecule has 1 heterocycles. The molecule has 0 atom stereocenters. The summed E-state index contributed by atoms with van der Waals surface area (Å²) in [6.07, 6.45) is 3.68. The number of carbonyl (C=O) groups is 1. The maximum absolute atomic E-state index is 12.2. The summed E-state index contributed by atoms with van der Waals surface area (Å²) >= 11 is 1.59. The van der Waals surface area contributed by atoms with Gasteiger partial charge in [-0.1, -0.05) is 19.1 Å². The molecule has 0 bridgehead atoms. The number of carbonyl (C=O) groups excluding carboxylic acids is 1. The SMILES string of the molecule is CCCS(=O)(=O)Nc1ccc(NC(=O)/C=C/c2ccc(OCc3csc(C)n3)cc2)cc1. The van der Waals surface area contributed by atoms with Crippen molar-refractivity contribution < 1.29 is 17.9 Å². The topological polar surface area (TPSA) is 97.4 Å². The van der Waals surface area contributed by atoms with Gasteiger partial charge in [-0.3, -0.25) is 9.52 Å². The molecule has 2 N–H and O–H groups in total. The second-order valence-corrected chi connectivity index (χ2v) is 9.94. The van der Waals surface area contributed by atoms with Crippen molar-refractivity contribution >= 4 is 44.7 Å². The fraction of sp³-hybridized carbons (Fsp3) is 0.217. The highest BCUT2D eigenvalue weighted by atomic mass is 32.2. The molecule has 1 aromatic heterocycles. The van der Waals surface area contributed by atoms with Gasteiger partial charge in [0.25, 0.3) is 0 Å². The molecule has 32 heavy (non-hydrogen) atoms. The number of aromatic nitrogens is 1. The van der Waals surface area contributed by atoms with E-state index >= 15 is 0 Å². The third-order valence-electron chi connectivity index (χ3n) is 4.26. The maximum Gasteiger partial charge on any atom is 0.248 e. The second-order valence-electron chi connectivity index (χ2n) is 7.04. The zero-order valence-corrected chi connectivity index (χ0v) is 19.5. The van der Waals surface area contributed by atoms with Crippen LogP contribution >= 0.6 is 11.3 Å². The third-order valence-corrected chi connectivity index (χ3v) is 6.57. The summed E-state index contributed by atoms with van der Waals surface area (Å²) in [6.45, 7) is 4.18. The van der Waals surface area contributed by atoms with E-state index in [4.69, 9.17) is 4.74 Å². The number of nitrogens with zero attached hydrogens (tertiary/aromatic N) is 1. The van der Waals surface area contributed by atoms with E-state index in [0.717, 1.165) is 22.0 Å². The number of sulfonamides is 1. The molecule has 0 saturated heterocycles. The quantitative estimate of drug-likeness (QED) is 0.413. The van der Waals surface area contributed by atoms with Crippen molar-refractivity contribution in [1.29, 1.82) is 0 Å². The second kappa shape index (κ2) is 10.9. The summed E-state index contributed by atoms with van der Waals surface area (Å²) in [5.41, 5.74) is 2.79. The van der Waals surface area contributed by atoms with Crippen LogP contribution < -0.4 is 14.8 Å². The Bertz CT molecular complexity index is 1170. The first kappa shape index (κ1) is 23.5. The Hall–Kier alpha value is -3.17. The van der Waals surface area contributed by atoms with Crippen molar-refractivity contribution in [2.24, 2.45) is 0 Å². The van der Waals surface area contributed by atoms with Crippen LogP contribution in [0.5, 0.6) is 5.75 Å². The number of anilines is 2. The maximum atomic E-state index is 12.2. The summed E-state index contributed by atoms with van der Waals surface area (Å²) in [5, 5.41) is 5.73. The van der Waals surface area contributed by atoms with Crippen LogP contribution in [0.4, 0.5) is 11.4 Å². The van der Waals surface area contributed by atoms with E-state index in [-0.39, 0.29) is 11.7 Å². The largest absolute Gasteiger partial charge is 0.487 e. The minimum atomic E-state index is -3.34. The predicted molar refractivity (Wildman–Crippen MR) is 129 cm³/mol. The zero-order chi connectivity index (χ0) is 23.0. The van der Waals surface area contributed by atoms with E-state index in [9.17, 15) is 13.2 Å². The Kier molecular flexibility index (Phi) is 8.02. The zero-order valence-electron chi connectivity index (χ0n) is 17.9. The molecule has 7 nitrogen and oxygen atoms in total. The van der Waals surface area contributed by atoms with Crippen molar-refractivity contribution in [2.75, 3.05) is 15.8 Å². The first-order valence-electron chi connectivity index (χ1n) is 10.1. The number of benzene rings is 2. The van der Waals surface area contributed by atoms with Crippen LogP contribution in [0.2, 0.25) is 0 Å². The van der Waals surface area contributed by atoms with E-state index in [1.54, 1.807) is 48.6 Å². The number of thiazole rings is 1. The Labute approximate surface area is 192 Å². The molecule has 3 aromatic rings. The normalized spacial score (nSPS) is 11.4. The van der Waals surface area contributed by atoms with E-state index in [1.165, 1.54) is 6.08 Å². The molecule has 0 fully saturated rings. The average molecular weight is 472 g/mol. The van der Waals surface area contributed by atoms with Crippen molar-refractivity contribution in [3.05, 3.63) is 76.3 Å². The Morgan fingerprint density at radius 3 is 2.41 bits per heavy atom. The molecule has 2 aromatic carbocycles. The number of amides is 1. The Morgan fingerprint density at radius 2 is 1.78 bits per heavy atom. The minimum Gasteiger partial charge on any atom is -0.487 e. The summed E-state index contributed by atoms with van der Waals surface area (Å²) in [4.78, 5) is 16.5. The van der Waals surface area contributed by atoms with Gasteiger partial charge in [0.1, 0.15) is 12.4 Å². The van der Waals surface area contributed by atoms with Crippen molar-refractivity contribution in [3.63, 3.8) is 0 Å². The standard InChI is InChI=1S/C23H25N3O4S2/c1-3-14-32(28,29)26-20-9-7-19(8-10-20)25-23(27)13-6-18-4-11-22(12-5-18)30-15-21-16-31-17(2)24-21/h4-13,16,26H,3,14-15H2,1-2H3,(H,25,27)/b13-6+. The lowest BCUT2D eigenvalue weighted by Gasteiger charge is -2.08. The van der Waals surface area contributed by atoms with Gasteiger partial charge in [0, 0.05) is 22.8 Å². The van der Waals surface area contributed by atoms with E-state index in [1.807, 2.05) is 36.6 Å². The Balaban J connectivity index is 1.49. The molecule has 0 radical (unpaired) electrons. The van der Waals surface area contributed by atoms with Gasteiger partial charge in [-0.25, -0.2) is 13.4 Å². The Morgan fingerprint density at radius 1 is 1.09 bits per heavy atom. The molecule has 1 amide bonds. The molecular formula is C23H25N3O4S2. The van der Waals surface area contributed by atoms with Crippen LogP contribution in [0, 0.1) is 6.92 Å². The lowest BCUT2D eigenvalue weighted by atomic mass is 10.2. The fourth-order valence-corrected chi connectivity index (χ4v) is 4.52. The predicted octanol–water partition coefficient (Wildman–Crippen LogP) is 4.83. The molecule has 0 aliphatic rings. The first-order valence-corrected chi connectivity index (χ1v) is 12.6. The molecule has 0 aliphatic heterocycles. The fourth-order valence-electron chi connectivity index (χ4n) is 2.78. The van der Waals surface area contributed by atoms with Crippen LogP contribution in [-0.2, 0) is 21.4 Å². The van der Waals surface area contributed by atoms with Gasteiger partial charge < -0.3 is 10.1 Å². The van der Waals surface area contributed by atoms with Gasteiger partial charge in [-0.05, 0) is 61.4 Å². The van der Waals surface area contributed by atoms with Crippen LogP contribution in [0.1, 0.15) is 29.6 Å². The first-order chi connectivity index (χ1) is 15.3. The number of nitrogens with one attached hydrogen (secondary N) is 2. The molecule has 0 spiro atoms. The van der Waals surface area contributed by atoms with Crippen molar-refractivity contribution in [3.8, 4) is 5.75 Å². The van der Waals surface area contributed by atoms with Gasteiger partial charge in [-0.15, -0.1) is 11.3 Å². The van der Waals surface area contributed by atoms with Gasteiger partial charge in [0.05, 0.1) is 16.5 Å².